The number of carbonyl (C=O) groups is 7. The number of halogens is 3. The topological polar surface area (TPSA) is 181 Å². The highest BCUT2D eigenvalue weighted by Crippen LogP contribution is 2.33. The van der Waals surface area contributed by atoms with Crippen molar-refractivity contribution in [2.24, 2.45) is 0 Å². The number of hydrogen-bond acceptors (Lipinski definition) is 12. The maximum Gasteiger partial charge on any atom is 0.416 e. The zero-order valence-corrected chi connectivity index (χ0v) is 33.0. The lowest BCUT2D eigenvalue weighted by molar-refractivity contribution is -0.177. The summed E-state index contributed by atoms with van der Waals surface area (Å²) in [6.45, 7) is 0.147. The van der Waals surface area contributed by atoms with Crippen LogP contribution in [0.3, 0.4) is 0 Å². The predicted molar refractivity (Wildman–Crippen MR) is 207 cm³/mol. The molecular formula is C43H41F3N2O12. The molecule has 0 radical (unpaired) electrons. The van der Waals surface area contributed by atoms with E-state index in [2.05, 4.69) is 5.32 Å². The van der Waals surface area contributed by atoms with E-state index in [1.165, 1.54) is 93.5 Å². The molecule has 0 aromatic heterocycles. The molecule has 60 heavy (non-hydrogen) atoms. The minimum Gasteiger partial charge on any atom is -0.463 e. The lowest BCUT2D eigenvalue weighted by Gasteiger charge is -2.29. The number of ether oxygens (including phenoxy) is 5. The third-order valence-electron chi connectivity index (χ3n) is 8.68. The summed E-state index contributed by atoms with van der Waals surface area (Å²) in [5, 5.41) is 2.68. The van der Waals surface area contributed by atoms with Gasteiger partial charge in [0.1, 0.15) is 6.61 Å². The number of carbonyl (C=O) groups excluding carboxylic acids is 7. The van der Waals surface area contributed by atoms with E-state index in [9.17, 15) is 46.7 Å². The lowest BCUT2D eigenvalue weighted by atomic mass is 9.81. The Hall–Kier alpha value is -7.04. The number of amides is 2. The van der Waals surface area contributed by atoms with Crippen molar-refractivity contribution >= 4 is 47.3 Å². The van der Waals surface area contributed by atoms with Crippen LogP contribution in [0.25, 0.3) is 11.1 Å². The van der Waals surface area contributed by atoms with E-state index in [-0.39, 0.29) is 41.2 Å². The number of rotatable bonds is 17. The summed E-state index contributed by atoms with van der Waals surface area (Å²) in [6, 6.07) is 21.8. The molecule has 0 atom stereocenters. The molecule has 17 heteroatoms. The number of benzene rings is 4. The Balaban J connectivity index is 1.62. The van der Waals surface area contributed by atoms with Gasteiger partial charge in [0.2, 0.25) is 5.41 Å². The fourth-order valence-electron chi connectivity index (χ4n) is 5.74. The van der Waals surface area contributed by atoms with Gasteiger partial charge in [-0.1, -0.05) is 66.7 Å². The molecule has 0 bridgehead atoms. The van der Waals surface area contributed by atoms with Crippen LogP contribution in [0.1, 0.15) is 51.3 Å². The average molecular weight is 835 g/mol. The van der Waals surface area contributed by atoms with Crippen molar-refractivity contribution in [2.45, 2.75) is 31.9 Å². The molecule has 0 saturated carbocycles. The second-order valence-corrected chi connectivity index (χ2v) is 13.0. The largest absolute Gasteiger partial charge is 0.463 e. The highest BCUT2D eigenvalue weighted by Gasteiger charge is 2.53. The number of nitrogens with one attached hydrogen (secondary N) is 1. The van der Waals surface area contributed by atoms with Crippen LogP contribution in [0.15, 0.2) is 97.1 Å². The Morgan fingerprint density at radius 1 is 0.617 bits per heavy atom. The maximum atomic E-state index is 13.8. The SMILES string of the molecule is CCOC(=O)COC(=O)C(COC(=O)Cc1ccc(NC(=O)c2ccccc2-c2ccc(C(F)(F)F)cc2)c(C(=O)N(C)C)c1)(C(=O)OCC(=O)OCC)c1ccccc1. The van der Waals surface area contributed by atoms with Crippen molar-refractivity contribution in [1.29, 1.82) is 0 Å². The zero-order chi connectivity index (χ0) is 44.0. The van der Waals surface area contributed by atoms with Crippen LogP contribution >= 0.6 is 0 Å². The fraction of sp³-hybridized carbons (Fsp3) is 0.279. The van der Waals surface area contributed by atoms with Gasteiger partial charge < -0.3 is 33.9 Å². The average Bonchev–Trinajstić information content (AvgIpc) is 3.22. The predicted octanol–water partition coefficient (Wildman–Crippen LogP) is 5.56. The minimum absolute atomic E-state index is 0.0333. The van der Waals surface area contributed by atoms with Gasteiger partial charge in [0.25, 0.3) is 11.8 Å². The highest BCUT2D eigenvalue weighted by atomic mass is 19.4. The second-order valence-electron chi connectivity index (χ2n) is 13.0. The molecule has 0 aliphatic carbocycles. The summed E-state index contributed by atoms with van der Waals surface area (Å²) in [5.74, 6) is -6.85. The summed E-state index contributed by atoms with van der Waals surface area (Å²) >= 11 is 0. The van der Waals surface area contributed by atoms with E-state index in [1.807, 2.05) is 0 Å². The number of hydrogen-bond donors (Lipinski definition) is 1. The molecule has 316 valence electrons. The van der Waals surface area contributed by atoms with Gasteiger partial charge in [0, 0.05) is 19.7 Å². The molecule has 4 rings (SSSR count). The molecule has 0 fully saturated rings. The minimum atomic E-state index is -4.55. The Kier molecular flexibility index (Phi) is 15.7. The molecular weight excluding hydrogens is 793 g/mol. The van der Waals surface area contributed by atoms with Crippen LogP contribution in [-0.4, -0.2) is 93.7 Å². The normalized spacial score (nSPS) is 11.1. The van der Waals surface area contributed by atoms with E-state index in [4.69, 9.17) is 23.7 Å². The number of alkyl halides is 3. The number of nitrogens with zero attached hydrogens (tertiary/aromatic N) is 1. The Bertz CT molecular complexity index is 2170. The van der Waals surface area contributed by atoms with Crippen LogP contribution in [0.4, 0.5) is 18.9 Å². The third-order valence-corrected chi connectivity index (χ3v) is 8.68. The van der Waals surface area contributed by atoms with E-state index in [0.717, 1.165) is 12.1 Å². The summed E-state index contributed by atoms with van der Waals surface area (Å²) in [5.41, 5.74) is -2.53. The molecule has 2 amide bonds. The van der Waals surface area contributed by atoms with Gasteiger partial charge in [-0.05, 0) is 66.4 Å². The van der Waals surface area contributed by atoms with Gasteiger partial charge in [0.05, 0.1) is 36.4 Å². The molecule has 0 aliphatic heterocycles. The number of anilines is 1. The van der Waals surface area contributed by atoms with Crippen molar-refractivity contribution in [3.63, 3.8) is 0 Å². The van der Waals surface area contributed by atoms with Gasteiger partial charge in [-0.15, -0.1) is 0 Å². The van der Waals surface area contributed by atoms with E-state index >= 15 is 0 Å². The molecule has 14 nitrogen and oxygen atoms in total. The first-order valence-electron chi connectivity index (χ1n) is 18.3. The van der Waals surface area contributed by atoms with Gasteiger partial charge in [-0.3, -0.25) is 24.0 Å². The van der Waals surface area contributed by atoms with E-state index in [1.54, 1.807) is 24.3 Å². The van der Waals surface area contributed by atoms with Crippen LogP contribution in [0, 0.1) is 0 Å². The molecule has 0 spiro atoms. The van der Waals surface area contributed by atoms with Crippen molar-refractivity contribution in [2.75, 3.05) is 52.4 Å². The molecule has 4 aromatic rings. The maximum absolute atomic E-state index is 13.8. The molecule has 0 aliphatic rings. The van der Waals surface area contributed by atoms with Crippen molar-refractivity contribution in [1.82, 2.24) is 4.90 Å². The molecule has 1 N–H and O–H groups in total. The first-order chi connectivity index (χ1) is 28.5. The lowest BCUT2D eigenvalue weighted by Crippen LogP contribution is -2.51. The van der Waals surface area contributed by atoms with Crippen molar-refractivity contribution < 1.29 is 70.4 Å². The van der Waals surface area contributed by atoms with Crippen LogP contribution in [-0.2, 0) is 65.7 Å². The van der Waals surface area contributed by atoms with Crippen molar-refractivity contribution in [3.05, 3.63) is 125 Å². The summed E-state index contributed by atoms with van der Waals surface area (Å²) < 4.78 is 65.0. The van der Waals surface area contributed by atoms with Gasteiger partial charge in [0.15, 0.2) is 13.2 Å². The van der Waals surface area contributed by atoms with Crippen LogP contribution in [0.5, 0.6) is 0 Å². The first-order valence-corrected chi connectivity index (χ1v) is 18.3. The Morgan fingerprint density at radius 3 is 1.73 bits per heavy atom. The zero-order valence-electron chi connectivity index (χ0n) is 33.0. The summed E-state index contributed by atoms with van der Waals surface area (Å²) in [6.07, 6.45) is -5.08. The number of esters is 5. The monoisotopic (exact) mass is 834 g/mol. The van der Waals surface area contributed by atoms with Gasteiger partial charge >= 0.3 is 36.0 Å². The second kappa shape index (κ2) is 20.6. The Labute approximate surface area is 342 Å². The summed E-state index contributed by atoms with van der Waals surface area (Å²) in [4.78, 5) is 93.4. The van der Waals surface area contributed by atoms with Crippen LogP contribution < -0.4 is 5.32 Å². The Morgan fingerprint density at radius 2 is 1.18 bits per heavy atom. The van der Waals surface area contributed by atoms with Gasteiger partial charge in [-0.2, -0.15) is 13.2 Å². The quantitative estimate of drug-likeness (QED) is 0.0796. The summed E-state index contributed by atoms with van der Waals surface area (Å²) in [7, 11) is 2.92. The standard InChI is InChI=1S/C43H41F3N2O12/c1-5-56-36(50)24-58-40(54)42(29-12-8-7-9-13-29,41(55)59-25-37(51)57-6-2)26-60-35(49)23-27-16-21-34(33(22-27)39(53)48(3)4)47-38(52)32-15-11-10-14-31(32)28-17-19-30(20-18-28)43(44,45)46/h7-22H,5-6,23-26H2,1-4H3,(H,47,52). The highest BCUT2D eigenvalue weighted by molar-refractivity contribution is 6.12. The van der Waals surface area contributed by atoms with Crippen LogP contribution in [0.2, 0.25) is 0 Å². The van der Waals surface area contributed by atoms with Crippen molar-refractivity contribution in [3.8, 4) is 11.1 Å². The van der Waals surface area contributed by atoms with E-state index < -0.39 is 85.1 Å². The van der Waals surface area contributed by atoms with E-state index in [0.29, 0.717) is 11.1 Å². The molecule has 0 saturated heterocycles. The molecule has 0 heterocycles. The van der Waals surface area contributed by atoms with Gasteiger partial charge in [-0.25, -0.2) is 9.59 Å². The molecule has 4 aromatic carbocycles. The third kappa shape index (κ3) is 11.5. The first kappa shape index (κ1) is 45.7. The fourth-order valence-corrected chi connectivity index (χ4v) is 5.74. The smallest absolute Gasteiger partial charge is 0.416 e. The molecule has 0 unspecified atom stereocenters.